The fourth-order valence-corrected chi connectivity index (χ4v) is 2.83. The summed E-state index contributed by atoms with van der Waals surface area (Å²) in [5.41, 5.74) is 1.47. The molecule has 1 rings (SSSR count). The second-order valence-corrected chi connectivity index (χ2v) is 6.22. The minimum absolute atomic E-state index is 0.654. The monoisotopic (exact) mass is 325 g/mol. The molecular formula is C17H28BrN. The first kappa shape index (κ1) is 16.7. The van der Waals surface area contributed by atoms with Crippen LogP contribution in [-0.4, -0.2) is 13.1 Å². The van der Waals surface area contributed by atoms with Crippen molar-refractivity contribution in [1.82, 2.24) is 5.32 Å². The van der Waals surface area contributed by atoms with Gasteiger partial charge in [-0.05, 0) is 43.0 Å². The molecule has 0 spiro atoms. The third-order valence-corrected chi connectivity index (χ3v) is 4.04. The molecule has 108 valence electrons. The second kappa shape index (κ2) is 10.4. The molecule has 1 nitrogen and oxygen atoms in total. The molecule has 0 aliphatic carbocycles. The standard InChI is InChI=1S/C17H28BrN/c1-3-5-6-7-9-16(14-19-12-4-2)15-10-8-11-17(18)13-15/h8,10-11,13,16,19H,3-7,9,12,14H2,1-2H3. The maximum atomic E-state index is 3.58. The summed E-state index contributed by atoms with van der Waals surface area (Å²) in [4.78, 5) is 0. The summed E-state index contributed by atoms with van der Waals surface area (Å²) in [5.74, 6) is 0.654. The number of hydrogen-bond donors (Lipinski definition) is 1. The molecule has 1 aromatic rings. The lowest BCUT2D eigenvalue weighted by Gasteiger charge is -2.18. The molecule has 0 aromatic heterocycles. The van der Waals surface area contributed by atoms with E-state index in [2.05, 4.69) is 59.4 Å². The Labute approximate surface area is 127 Å². The summed E-state index contributed by atoms with van der Waals surface area (Å²) in [6, 6.07) is 8.80. The molecule has 0 fully saturated rings. The zero-order valence-corrected chi connectivity index (χ0v) is 14.0. The van der Waals surface area contributed by atoms with E-state index in [0.29, 0.717) is 5.92 Å². The van der Waals surface area contributed by atoms with Gasteiger partial charge in [0.05, 0.1) is 0 Å². The number of rotatable bonds is 10. The molecule has 0 heterocycles. The Balaban J connectivity index is 2.52. The molecule has 0 radical (unpaired) electrons. The molecule has 1 unspecified atom stereocenters. The lowest BCUT2D eigenvalue weighted by molar-refractivity contribution is 0.513. The molecule has 0 saturated carbocycles. The van der Waals surface area contributed by atoms with Crippen LogP contribution in [0.2, 0.25) is 0 Å². The van der Waals surface area contributed by atoms with Gasteiger partial charge in [0.1, 0.15) is 0 Å². The first-order chi connectivity index (χ1) is 9.27. The number of nitrogens with one attached hydrogen (secondary N) is 1. The molecule has 2 heteroatoms. The predicted octanol–water partition coefficient (Wildman–Crippen LogP) is 5.50. The minimum Gasteiger partial charge on any atom is -0.316 e. The van der Waals surface area contributed by atoms with Crippen LogP contribution >= 0.6 is 15.9 Å². The molecule has 1 N–H and O–H groups in total. The summed E-state index contributed by atoms with van der Waals surface area (Å²) in [6.07, 6.45) is 7.91. The van der Waals surface area contributed by atoms with E-state index in [0.717, 1.165) is 13.1 Å². The summed E-state index contributed by atoms with van der Waals surface area (Å²) < 4.78 is 1.19. The lowest BCUT2D eigenvalue weighted by Crippen LogP contribution is -2.22. The van der Waals surface area contributed by atoms with Crippen LogP contribution in [-0.2, 0) is 0 Å². The zero-order chi connectivity index (χ0) is 13.9. The summed E-state index contributed by atoms with van der Waals surface area (Å²) in [5, 5.41) is 3.58. The third kappa shape index (κ3) is 7.12. The average Bonchev–Trinajstić information content (AvgIpc) is 2.41. The highest BCUT2D eigenvalue weighted by atomic mass is 79.9. The van der Waals surface area contributed by atoms with Gasteiger partial charge in [-0.3, -0.25) is 0 Å². The summed E-state index contributed by atoms with van der Waals surface area (Å²) in [7, 11) is 0. The summed E-state index contributed by atoms with van der Waals surface area (Å²) >= 11 is 3.58. The van der Waals surface area contributed by atoms with Crippen molar-refractivity contribution in [1.29, 1.82) is 0 Å². The maximum Gasteiger partial charge on any atom is 0.0178 e. The van der Waals surface area contributed by atoms with Gasteiger partial charge in [-0.1, -0.05) is 67.6 Å². The Hall–Kier alpha value is -0.340. The van der Waals surface area contributed by atoms with Crippen molar-refractivity contribution in [3.8, 4) is 0 Å². The fourth-order valence-electron chi connectivity index (χ4n) is 2.42. The number of halogens is 1. The maximum absolute atomic E-state index is 3.58. The SMILES string of the molecule is CCCCCCC(CNCCC)c1cccc(Br)c1. The van der Waals surface area contributed by atoms with Gasteiger partial charge in [0.2, 0.25) is 0 Å². The van der Waals surface area contributed by atoms with Gasteiger partial charge >= 0.3 is 0 Å². The van der Waals surface area contributed by atoms with Crippen LogP contribution < -0.4 is 5.32 Å². The molecular weight excluding hydrogens is 298 g/mol. The number of unbranched alkanes of at least 4 members (excludes halogenated alkanes) is 3. The highest BCUT2D eigenvalue weighted by molar-refractivity contribution is 9.10. The van der Waals surface area contributed by atoms with E-state index in [9.17, 15) is 0 Å². The highest BCUT2D eigenvalue weighted by Crippen LogP contribution is 2.24. The van der Waals surface area contributed by atoms with Crippen molar-refractivity contribution in [3.05, 3.63) is 34.3 Å². The van der Waals surface area contributed by atoms with Gasteiger partial charge in [0.25, 0.3) is 0 Å². The van der Waals surface area contributed by atoms with Crippen LogP contribution in [0.3, 0.4) is 0 Å². The second-order valence-electron chi connectivity index (χ2n) is 5.31. The number of benzene rings is 1. The normalized spacial score (nSPS) is 12.6. The Morgan fingerprint density at radius 3 is 2.63 bits per heavy atom. The van der Waals surface area contributed by atoms with Gasteiger partial charge in [0.15, 0.2) is 0 Å². The van der Waals surface area contributed by atoms with Crippen molar-refractivity contribution in [2.45, 2.75) is 58.3 Å². The third-order valence-electron chi connectivity index (χ3n) is 3.54. The van der Waals surface area contributed by atoms with E-state index in [1.54, 1.807) is 0 Å². The van der Waals surface area contributed by atoms with E-state index in [4.69, 9.17) is 0 Å². The quantitative estimate of drug-likeness (QED) is 0.560. The van der Waals surface area contributed by atoms with Crippen molar-refractivity contribution in [2.75, 3.05) is 13.1 Å². The smallest absolute Gasteiger partial charge is 0.0178 e. The molecule has 0 amide bonds. The van der Waals surface area contributed by atoms with Gasteiger partial charge < -0.3 is 5.32 Å². The molecule has 0 aliphatic rings. The van der Waals surface area contributed by atoms with E-state index in [-0.39, 0.29) is 0 Å². The van der Waals surface area contributed by atoms with E-state index < -0.39 is 0 Å². The van der Waals surface area contributed by atoms with Crippen LogP contribution in [0.15, 0.2) is 28.7 Å². The van der Waals surface area contributed by atoms with Crippen molar-refractivity contribution in [2.24, 2.45) is 0 Å². The van der Waals surface area contributed by atoms with Crippen LogP contribution in [0.5, 0.6) is 0 Å². The zero-order valence-electron chi connectivity index (χ0n) is 12.4. The van der Waals surface area contributed by atoms with Gasteiger partial charge in [-0.15, -0.1) is 0 Å². The fraction of sp³-hybridized carbons (Fsp3) is 0.647. The van der Waals surface area contributed by atoms with E-state index >= 15 is 0 Å². The largest absolute Gasteiger partial charge is 0.316 e. The number of hydrogen-bond acceptors (Lipinski definition) is 1. The molecule has 0 aliphatic heterocycles. The van der Waals surface area contributed by atoms with Crippen molar-refractivity contribution < 1.29 is 0 Å². The van der Waals surface area contributed by atoms with Gasteiger partial charge in [-0.2, -0.15) is 0 Å². The molecule has 0 saturated heterocycles. The first-order valence-electron chi connectivity index (χ1n) is 7.74. The topological polar surface area (TPSA) is 12.0 Å². The molecule has 19 heavy (non-hydrogen) atoms. The Bertz CT molecular complexity index is 338. The van der Waals surface area contributed by atoms with Crippen LogP contribution in [0.4, 0.5) is 0 Å². The van der Waals surface area contributed by atoms with Gasteiger partial charge in [-0.25, -0.2) is 0 Å². The van der Waals surface area contributed by atoms with E-state index in [1.807, 2.05) is 0 Å². The summed E-state index contributed by atoms with van der Waals surface area (Å²) in [6.45, 7) is 6.73. The Morgan fingerprint density at radius 1 is 1.11 bits per heavy atom. The van der Waals surface area contributed by atoms with Crippen LogP contribution in [0.25, 0.3) is 0 Å². The van der Waals surface area contributed by atoms with Crippen LogP contribution in [0.1, 0.15) is 63.9 Å². The van der Waals surface area contributed by atoms with E-state index in [1.165, 1.54) is 48.6 Å². The van der Waals surface area contributed by atoms with Crippen LogP contribution in [0, 0.1) is 0 Å². The highest BCUT2D eigenvalue weighted by Gasteiger charge is 2.11. The molecule has 1 aromatic carbocycles. The Morgan fingerprint density at radius 2 is 1.95 bits per heavy atom. The van der Waals surface area contributed by atoms with Crippen molar-refractivity contribution >= 4 is 15.9 Å². The minimum atomic E-state index is 0.654. The molecule has 0 bridgehead atoms. The first-order valence-corrected chi connectivity index (χ1v) is 8.53. The van der Waals surface area contributed by atoms with Gasteiger partial charge in [0, 0.05) is 11.0 Å². The average molecular weight is 326 g/mol. The van der Waals surface area contributed by atoms with Crippen molar-refractivity contribution in [3.63, 3.8) is 0 Å². The Kier molecular flexibility index (Phi) is 9.19. The predicted molar refractivity (Wildman–Crippen MR) is 88.8 cm³/mol. The lowest BCUT2D eigenvalue weighted by atomic mass is 9.93. The molecule has 1 atom stereocenters.